The van der Waals surface area contributed by atoms with Crippen molar-refractivity contribution in [2.45, 2.75) is 125 Å². The third kappa shape index (κ3) is 17.7. The van der Waals surface area contributed by atoms with Crippen molar-refractivity contribution in [3.05, 3.63) is 121 Å². The third-order valence-corrected chi connectivity index (χ3v) is 56.6. The first kappa shape index (κ1) is 68.1. The van der Waals surface area contributed by atoms with E-state index in [1.807, 2.05) is 18.2 Å². The summed E-state index contributed by atoms with van der Waals surface area (Å²) < 4.78 is 165. The molecule has 508 valence electrons. The van der Waals surface area contributed by atoms with E-state index in [9.17, 15) is 19.2 Å². The van der Waals surface area contributed by atoms with Gasteiger partial charge in [0.15, 0.2) is 31.5 Å². The van der Waals surface area contributed by atoms with Crippen molar-refractivity contribution in [2.24, 2.45) is 0 Å². The molecule has 10 aliphatic rings. The van der Waals surface area contributed by atoms with Crippen molar-refractivity contribution in [3.63, 3.8) is 0 Å². The summed E-state index contributed by atoms with van der Waals surface area (Å²) in [5, 5.41) is 1.15. The Bertz CT molecular complexity index is 2700. The average molecular weight is 1470 g/mol. The molecule has 15 unspecified atom stereocenters. The van der Waals surface area contributed by atoms with Crippen LogP contribution in [-0.2, 0) is 106 Å². The van der Waals surface area contributed by atoms with Crippen LogP contribution >= 0.6 is 0 Å². The van der Waals surface area contributed by atoms with E-state index in [0.717, 1.165) is 12.8 Å². The summed E-state index contributed by atoms with van der Waals surface area (Å²) in [6.45, 7) is 2.79. The lowest BCUT2D eigenvalue weighted by atomic mass is 10.4. The molecule has 4 N–H and O–H groups in total. The SMILES string of the molecule is O[Si]1(CCCOC2CC2)O[Si](O)(CCCOC2CO2)O[Si]2(c3ccccc3)O[Si]3(CCCOC4CO4)O[Si](CCCOC4CO4)(O[Si](c4ccccc4)(O1)O2)O[Si]1(c2ccccc2)O[Si](O)(CCCOC2CO2)O[Si](O)(CCCOC2CO2)O[Si](c2ccccc2)(O3)O1. The molecule has 15 atom stereocenters. The van der Waals surface area contributed by atoms with Gasteiger partial charge in [-0.15, -0.1) is 0 Å². The first-order valence-electron chi connectivity index (χ1n) is 32.1. The fraction of sp³-hybridized carbons (Fsp3) is 0.564. The fourth-order valence-corrected chi connectivity index (χ4v) is 62.4. The molecule has 9 aliphatic heterocycles. The van der Waals surface area contributed by atoms with Gasteiger partial charge in [0, 0.05) is 96.7 Å². The van der Waals surface area contributed by atoms with Gasteiger partial charge in [-0.2, -0.15) is 0 Å². The zero-order valence-electron chi connectivity index (χ0n) is 51.3. The first-order chi connectivity index (χ1) is 45.1. The topological polar surface area (TPSA) is 319 Å². The van der Waals surface area contributed by atoms with Crippen molar-refractivity contribution < 1.29 is 125 Å². The molecule has 1 aliphatic carbocycles. The van der Waals surface area contributed by atoms with Gasteiger partial charge < -0.3 is 125 Å². The molecule has 38 heteroatoms. The summed E-state index contributed by atoms with van der Waals surface area (Å²) in [6.07, 6.45) is 0.746. The van der Waals surface area contributed by atoms with Crippen LogP contribution in [0, 0.1) is 0 Å². The number of hydrogen-bond acceptors (Lipinski definition) is 28. The molecule has 4 aromatic rings. The number of ether oxygens (including phenoxy) is 11. The maximum atomic E-state index is 13.7. The number of benzene rings is 4. The molecule has 0 spiro atoms. The standard InChI is InChI=1S/C55H80O28Si10/c56-84(35-13-29-60-46-27-28-46)71-85(57,36-14-30-61-51-41-66-51)74-91(48-21-7-2-8-22-48)80-89(40-18-34-65-55-45-70-55)77-88(39-17-33-64-54-44-69-54,78-90(73-84,82-91)47-19-5-1-6-20-47)79-92(49-23-9-3-10-24-49)75-86(58,37-15-31-62-52-42-67-52)72-87(59,38-16-32-63-53-43-68-53)76-93(81-89,83-92)50-25-11-4-12-26-50/h1-12,19-26,46,51-59H,13-18,27-45H2. The molecule has 0 radical (unpaired) electrons. The van der Waals surface area contributed by atoms with Gasteiger partial charge in [0.05, 0.1) is 6.10 Å². The lowest BCUT2D eigenvalue weighted by Crippen LogP contribution is -2.88. The van der Waals surface area contributed by atoms with Gasteiger partial charge in [-0.25, -0.2) is 0 Å². The molecule has 0 aromatic heterocycles. The number of epoxide rings is 5. The summed E-state index contributed by atoms with van der Waals surface area (Å²) in [4.78, 5) is 54.9. The monoisotopic (exact) mass is 1470 g/mol. The van der Waals surface area contributed by atoms with Gasteiger partial charge in [0.1, 0.15) is 33.0 Å². The lowest BCUT2D eigenvalue weighted by Gasteiger charge is -2.58. The van der Waals surface area contributed by atoms with E-state index >= 15 is 0 Å². The minimum atomic E-state index is -5.26. The van der Waals surface area contributed by atoms with Crippen LogP contribution in [0.2, 0.25) is 36.3 Å². The summed E-state index contributed by atoms with van der Waals surface area (Å²) in [5.41, 5.74) is 0. The summed E-state index contributed by atoms with van der Waals surface area (Å²) >= 11 is 0. The zero-order valence-corrected chi connectivity index (χ0v) is 61.3. The van der Waals surface area contributed by atoms with Gasteiger partial charge in [0.2, 0.25) is 0 Å². The van der Waals surface area contributed by atoms with E-state index < -0.39 is 119 Å². The van der Waals surface area contributed by atoms with Crippen molar-refractivity contribution in [1.82, 2.24) is 0 Å². The Morgan fingerprint density at radius 1 is 0.280 bits per heavy atom. The van der Waals surface area contributed by atoms with E-state index in [2.05, 4.69) is 0 Å². The maximum absolute atomic E-state index is 13.7. The highest BCUT2D eigenvalue weighted by Gasteiger charge is 2.80. The molecule has 6 bridgehead atoms. The van der Waals surface area contributed by atoms with Gasteiger partial charge in [-0.05, 0) is 51.4 Å². The van der Waals surface area contributed by atoms with Crippen molar-refractivity contribution in [2.75, 3.05) is 72.7 Å². The molecule has 9 saturated heterocycles. The Labute approximate surface area is 549 Å². The van der Waals surface area contributed by atoms with Gasteiger partial charge in [0.25, 0.3) is 0 Å². The molecular weight excluding hydrogens is 1390 g/mol. The Morgan fingerprint density at radius 3 is 0.753 bits per heavy atom. The summed E-state index contributed by atoms with van der Waals surface area (Å²) in [5.74, 6) is 0. The highest BCUT2D eigenvalue weighted by Crippen LogP contribution is 2.48. The molecule has 14 rings (SSSR count). The second-order valence-corrected chi connectivity index (χ2v) is 52.9. The maximum Gasteiger partial charge on any atom is 0.515 e. The van der Waals surface area contributed by atoms with Gasteiger partial charge >= 0.3 is 88.0 Å². The first-order valence-corrected chi connectivity index (χ1v) is 50.7. The lowest BCUT2D eigenvalue weighted by molar-refractivity contribution is 0.00703. The minimum Gasteiger partial charge on any atom is -0.391 e. The highest BCUT2D eigenvalue weighted by molar-refractivity contribution is 7.06. The van der Waals surface area contributed by atoms with Crippen LogP contribution < -0.4 is 20.7 Å². The quantitative estimate of drug-likeness (QED) is 0.0293. The van der Waals surface area contributed by atoms with Crippen LogP contribution in [0.4, 0.5) is 0 Å². The Balaban J connectivity index is 1.00. The van der Waals surface area contributed by atoms with Gasteiger partial charge in [-0.1, -0.05) is 121 Å². The van der Waals surface area contributed by atoms with Crippen molar-refractivity contribution in [3.8, 4) is 0 Å². The molecule has 1 saturated carbocycles. The molecule has 0 amide bonds. The number of hydrogen-bond donors (Lipinski definition) is 4. The van der Waals surface area contributed by atoms with Crippen LogP contribution in [0.5, 0.6) is 0 Å². The zero-order chi connectivity index (χ0) is 63.6. The van der Waals surface area contributed by atoms with Crippen LogP contribution in [0.25, 0.3) is 0 Å². The van der Waals surface area contributed by atoms with Crippen molar-refractivity contribution in [1.29, 1.82) is 0 Å². The Morgan fingerprint density at radius 2 is 0.516 bits per heavy atom. The summed E-state index contributed by atoms with van der Waals surface area (Å²) in [7, 11) is -51.4. The van der Waals surface area contributed by atoms with Crippen molar-refractivity contribution >= 4 is 109 Å². The van der Waals surface area contributed by atoms with Gasteiger partial charge in [-0.3, -0.25) is 0 Å². The van der Waals surface area contributed by atoms with Crippen LogP contribution in [0.3, 0.4) is 0 Å². The third-order valence-electron chi connectivity index (χ3n) is 16.0. The Kier molecular flexibility index (Phi) is 21.1. The minimum absolute atomic E-state index is 0.0825. The molecular formula is C55H80O28Si10. The predicted molar refractivity (Wildman–Crippen MR) is 339 cm³/mol. The van der Waals surface area contributed by atoms with Crippen LogP contribution in [0.15, 0.2) is 121 Å². The molecule has 9 heterocycles. The largest absolute Gasteiger partial charge is 0.515 e. The molecule has 93 heavy (non-hydrogen) atoms. The number of rotatable bonds is 34. The van der Waals surface area contributed by atoms with E-state index in [1.54, 1.807) is 103 Å². The Hall–Kier alpha value is -2.07. The summed E-state index contributed by atoms with van der Waals surface area (Å²) in [6, 6.07) is 34.3. The van der Waals surface area contributed by atoms with Crippen LogP contribution in [0.1, 0.15) is 51.4 Å². The molecule has 10 fully saturated rings. The average Bonchev–Trinajstić information content (AvgIpc) is 1.23. The highest BCUT2D eigenvalue weighted by atomic mass is 28.6. The fourth-order valence-electron chi connectivity index (χ4n) is 11.2. The van der Waals surface area contributed by atoms with E-state index in [4.69, 9.17) is 106 Å². The molecule has 4 aromatic carbocycles. The second kappa shape index (κ2) is 28.9. The van der Waals surface area contributed by atoms with E-state index in [1.165, 1.54) is 0 Å². The normalized spacial score (nSPS) is 39.2. The number of fused-ring (bicyclic) bond motifs is 6. The molecule has 28 nitrogen and oxygen atoms in total. The van der Waals surface area contributed by atoms with Crippen LogP contribution in [-0.4, -0.2) is 217 Å². The predicted octanol–water partition coefficient (Wildman–Crippen LogP) is 1.63. The second-order valence-electron chi connectivity index (χ2n) is 24.1. The van der Waals surface area contributed by atoms with E-state index in [-0.39, 0.29) is 136 Å². The van der Waals surface area contributed by atoms with E-state index in [0.29, 0.717) is 38.2 Å². The smallest absolute Gasteiger partial charge is 0.391 e.